The molecule has 1 saturated heterocycles. The summed E-state index contributed by atoms with van der Waals surface area (Å²) >= 11 is 0. The molecular weight excluding hydrogens is 238 g/mol. The van der Waals surface area contributed by atoms with Gasteiger partial charge in [-0.3, -0.25) is 24.6 Å². The quantitative estimate of drug-likeness (QED) is 0.669. The molecule has 0 aromatic heterocycles. The van der Waals surface area contributed by atoms with Gasteiger partial charge >= 0.3 is 6.03 Å². The van der Waals surface area contributed by atoms with Gasteiger partial charge in [-0.25, -0.2) is 4.79 Å². The third kappa shape index (κ3) is 2.66. The molecule has 18 heavy (non-hydrogen) atoms. The molecule has 1 fully saturated rings. The summed E-state index contributed by atoms with van der Waals surface area (Å²) in [6, 6.07) is -0.770. The van der Waals surface area contributed by atoms with Crippen molar-refractivity contribution in [2.24, 2.45) is 5.41 Å². The van der Waals surface area contributed by atoms with Crippen LogP contribution in [0.2, 0.25) is 0 Å². The number of hydrogen-bond donors (Lipinski definition) is 2. The number of urea groups is 1. The van der Waals surface area contributed by atoms with Crippen molar-refractivity contribution in [2.45, 2.75) is 27.2 Å². The predicted molar refractivity (Wildman–Crippen MR) is 62.3 cm³/mol. The van der Waals surface area contributed by atoms with Crippen LogP contribution in [0.5, 0.6) is 0 Å². The van der Waals surface area contributed by atoms with Gasteiger partial charge < -0.3 is 5.32 Å². The Morgan fingerprint density at radius 3 is 2.50 bits per heavy atom. The third-order valence-electron chi connectivity index (χ3n) is 2.75. The Hall–Kier alpha value is -1.92. The smallest absolute Gasteiger partial charge is 0.330 e. The lowest BCUT2D eigenvalue weighted by atomic mass is 9.89. The molecule has 0 aliphatic carbocycles. The Bertz CT molecular complexity index is 403. The minimum absolute atomic E-state index is 0.0251. The van der Waals surface area contributed by atoms with Crippen LogP contribution in [0.25, 0.3) is 0 Å². The molecule has 0 spiro atoms. The molecule has 0 saturated carbocycles. The second kappa shape index (κ2) is 5.16. The first-order valence-electron chi connectivity index (χ1n) is 5.74. The monoisotopic (exact) mass is 255 g/mol. The molecule has 0 bridgehead atoms. The molecule has 1 heterocycles. The molecule has 0 unspecified atom stereocenters. The Kier molecular flexibility index (Phi) is 4.05. The first-order valence-corrected chi connectivity index (χ1v) is 5.74. The van der Waals surface area contributed by atoms with Crippen molar-refractivity contribution >= 4 is 23.8 Å². The summed E-state index contributed by atoms with van der Waals surface area (Å²) in [6.45, 7) is 5.11. The lowest BCUT2D eigenvalue weighted by Gasteiger charge is -2.34. The standard InChI is InChI=1S/C11H17N3O4/c1-4-12-7(15)5-6-14-9(17)11(2,3)8(16)13-10(14)18/h4-6H2,1-3H3,(H,12,15)(H,13,16,18). The van der Waals surface area contributed by atoms with Gasteiger partial charge in [-0.05, 0) is 20.8 Å². The third-order valence-corrected chi connectivity index (χ3v) is 2.75. The number of rotatable bonds is 4. The van der Waals surface area contributed by atoms with E-state index in [1.165, 1.54) is 13.8 Å². The van der Waals surface area contributed by atoms with E-state index in [4.69, 9.17) is 0 Å². The number of nitrogens with zero attached hydrogens (tertiary/aromatic N) is 1. The van der Waals surface area contributed by atoms with Gasteiger partial charge in [-0.1, -0.05) is 0 Å². The summed E-state index contributed by atoms with van der Waals surface area (Å²) in [6.07, 6.45) is 0.0251. The Morgan fingerprint density at radius 1 is 1.33 bits per heavy atom. The van der Waals surface area contributed by atoms with Crippen LogP contribution in [0.15, 0.2) is 0 Å². The van der Waals surface area contributed by atoms with Crippen LogP contribution in [0.4, 0.5) is 4.79 Å². The van der Waals surface area contributed by atoms with Crippen molar-refractivity contribution in [3.63, 3.8) is 0 Å². The highest BCUT2D eigenvalue weighted by Gasteiger charge is 2.46. The Morgan fingerprint density at radius 2 is 1.94 bits per heavy atom. The summed E-state index contributed by atoms with van der Waals surface area (Å²) in [7, 11) is 0. The van der Waals surface area contributed by atoms with Crippen LogP contribution in [-0.2, 0) is 14.4 Å². The van der Waals surface area contributed by atoms with Gasteiger partial charge in [0.15, 0.2) is 0 Å². The average Bonchev–Trinajstić information content (AvgIpc) is 2.27. The molecule has 7 heteroatoms. The summed E-state index contributed by atoms with van der Waals surface area (Å²) < 4.78 is 0. The number of hydrogen-bond acceptors (Lipinski definition) is 4. The normalized spacial score (nSPS) is 18.6. The molecule has 1 rings (SSSR count). The van der Waals surface area contributed by atoms with E-state index < -0.39 is 23.3 Å². The summed E-state index contributed by atoms with van der Waals surface area (Å²) in [5.74, 6) is -1.44. The molecule has 1 aliphatic heterocycles. The first kappa shape index (κ1) is 14.1. The zero-order valence-corrected chi connectivity index (χ0v) is 10.7. The van der Waals surface area contributed by atoms with E-state index in [2.05, 4.69) is 10.6 Å². The van der Waals surface area contributed by atoms with E-state index in [9.17, 15) is 19.2 Å². The molecular formula is C11H17N3O4. The minimum Gasteiger partial charge on any atom is -0.356 e. The molecule has 0 atom stereocenters. The minimum atomic E-state index is -1.28. The van der Waals surface area contributed by atoms with Crippen molar-refractivity contribution in [3.05, 3.63) is 0 Å². The van der Waals surface area contributed by atoms with Crippen molar-refractivity contribution in [1.82, 2.24) is 15.5 Å². The number of amides is 5. The second-order valence-electron chi connectivity index (χ2n) is 4.54. The van der Waals surface area contributed by atoms with Crippen molar-refractivity contribution in [1.29, 1.82) is 0 Å². The van der Waals surface area contributed by atoms with Gasteiger partial charge in [0.1, 0.15) is 5.41 Å². The maximum Gasteiger partial charge on any atom is 0.330 e. The highest BCUT2D eigenvalue weighted by molar-refractivity contribution is 6.18. The van der Waals surface area contributed by atoms with E-state index in [1.807, 2.05) is 0 Å². The lowest BCUT2D eigenvalue weighted by molar-refractivity contribution is -0.149. The van der Waals surface area contributed by atoms with E-state index in [-0.39, 0.29) is 18.9 Å². The van der Waals surface area contributed by atoms with E-state index in [1.54, 1.807) is 6.92 Å². The average molecular weight is 255 g/mol. The number of imide groups is 2. The lowest BCUT2D eigenvalue weighted by Crippen LogP contribution is -2.62. The van der Waals surface area contributed by atoms with Crippen LogP contribution in [-0.4, -0.2) is 41.7 Å². The Balaban J connectivity index is 2.70. The summed E-state index contributed by atoms with van der Waals surface area (Å²) in [5, 5.41) is 4.67. The van der Waals surface area contributed by atoms with E-state index in [0.717, 1.165) is 4.90 Å². The van der Waals surface area contributed by atoms with Crippen molar-refractivity contribution in [3.8, 4) is 0 Å². The fourth-order valence-corrected chi connectivity index (χ4v) is 1.55. The number of carbonyl (C=O) groups is 4. The first-order chi connectivity index (χ1) is 8.30. The predicted octanol–water partition coefficient (Wildman–Crippen LogP) is -0.383. The maximum atomic E-state index is 12.0. The molecule has 7 nitrogen and oxygen atoms in total. The van der Waals surface area contributed by atoms with Crippen molar-refractivity contribution in [2.75, 3.05) is 13.1 Å². The van der Waals surface area contributed by atoms with E-state index >= 15 is 0 Å². The summed E-state index contributed by atoms with van der Waals surface area (Å²) in [4.78, 5) is 47.1. The zero-order chi connectivity index (χ0) is 13.9. The molecule has 100 valence electrons. The van der Waals surface area contributed by atoms with E-state index in [0.29, 0.717) is 6.54 Å². The number of barbiturate groups is 1. The highest BCUT2D eigenvalue weighted by Crippen LogP contribution is 2.23. The van der Waals surface area contributed by atoms with Crippen molar-refractivity contribution < 1.29 is 19.2 Å². The molecule has 1 aliphatic rings. The summed E-state index contributed by atoms with van der Waals surface area (Å²) in [5.41, 5.74) is -1.28. The van der Waals surface area contributed by atoms with Crippen LogP contribution < -0.4 is 10.6 Å². The second-order valence-corrected chi connectivity index (χ2v) is 4.54. The zero-order valence-electron chi connectivity index (χ0n) is 10.7. The van der Waals surface area contributed by atoms with Crippen LogP contribution in [0.3, 0.4) is 0 Å². The topological polar surface area (TPSA) is 95.6 Å². The van der Waals surface area contributed by atoms with Gasteiger partial charge in [0.25, 0.3) is 0 Å². The SMILES string of the molecule is CCNC(=O)CCN1C(=O)NC(=O)C(C)(C)C1=O. The Labute approximate surface area is 105 Å². The molecule has 5 amide bonds. The highest BCUT2D eigenvalue weighted by atomic mass is 16.2. The van der Waals surface area contributed by atoms with Gasteiger partial charge in [0, 0.05) is 19.5 Å². The van der Waals surface area contributed by atoms with Gasteiger partial charge in [0.2, 0.25) is 17.7 Å². The van der Waals surface area contributed by atoms with Gasteiger partial charge in [-0.15, -0.1) is 0 Å². The number of nitrogens with one attached hydrogen (secondary N) is 2. The van der Waals surface area contributed by atoms with Crippen LogP contribution >= 0.6 is 0 Å². The fraction of sp³-hybridized carbons (Fsp3) is 0.636. The van der Waals surface area contributed by atoms with Gasteiger partial charge in [0.05, 0.1) is 0 Å². The maximum absolute atomic E-state index is 12.0. The molecule has 0 aromatic rings. The fourth-order valence-electron chi connectivity index (χ4n) is 1.55. The largest absolute Gasteiger partial charge is 0.356 e. The number of carbonyl (C=O) groups excluding carboxylic acids is 4. The van der Waals surface area contributed by atoms with Crippen LogP contribution in [0.1, 0.15) is 27.2 Å². The molecule has 0 radical (unpaired) electrons. The van der Waals surface area contributed by atoms with Crippen LogP contribution in [0, 0.1) is 5.41 Å². The van der Waals surface area contributed by atoms with Gasteiger partial charge in [-0.2, -0.15) is 0 Å². The molecule has 0 aromatic carbocycles. The molecule has 2 N–H and O–H groups in total.